The number of fused-ring (bicyclic) bond motifs is 1. The first-order valence-electron chi connectivity index (χ1n) is 8.39. The zero-order valence-electron chi connectivity index (χ0n) is 14.6. The van der Waals surface area contributed by atoms with Crippen LogP contribution in [0.4, 0.5) is 10.1 Å². The molecule has 0 radical (unpaired) electrons. The van der Waals surface area contributed by atoms with Gasteiger partial charge in [-0.25, -0.2) is 9.18 Å². The van der Waals surface area contributed by atoms with Gasteiger partial charge in [-0.1, -0.05) is 20.8 Å². The lowest BCUT2D eigenvalue weighted by atomic mass is 9.96. The molecule has 0 aliphatic carbocycles. The van der Waals surface area contributed by atoms with E-state index in [1.807, 2.05) is 6.92 Å². The van der Waals surface area contributed by atoms with Crippen molar-refractivity contribution in [3.05, 3.63) is 29.6 Å². The maximum absolute atomic E-state index is 13.4. The second-order valence-electron chi connectivity index (χ2n) is 6.43. The molecule has 0 bridgehead atoms. The molecule has 0 saturated heterocycles. The Morgan fingerprint density at radius 1 is 1.36 bits per heavy atom. The molecule has 0 aromatic heterocycles. The molecule has 1 aliphatic heterocycles. The molecule has 1 heterocycles. The van der Waals surface area contributed by atoms with Gasteiger partial charge < -0.3 is 15.4 Å². The number of nitrogens with one attached hydrogen (secondary N) is 2. The van der Waals surface area contributed by atoms with Crippen LogP contribution in [0.5, 0.6) is 0 Å². The lowest BCUT2D eigenvalue weighted by molar-refractivity contribution is -0.149. The van der Waals surface area contributed by atoms with E-state index in [0.29, 0.717) is 17.7 Å². The fraction of sp³-hybridized carbons (Fsp3) is 0.500. The third-order valence-electron chi connectivity index (χ3n) is 4.04. The van der Waals surface area contributed by atoms with Crippen LogP contribution in [0.1, 0.15) is 45.1 Å². The van der Waals surface area contributed by atoms with Crippen molar-refractivity contribution in [2.75, 3.05) is 11.9 Å². The highest BCUT2D eigenvalue weighted by Gasteiger charge is 2.34. The number of hydrogen-bond acceptors (Lipinski definition) is 4. The van der Waals surface area contributed by atoms with Crippen molar-refractivity contribution in [2.24, 2.45) is 5.92 Å². The zero-order chi connectivity index (χ0) is 18.6. The van der Waals surface area contributed by atoms with Crippen LogP contribution in [0.25, 0.3) is 0 Å². The average molecular weight is 350 g/mol. The normalized spacial score (nSPS) is 17.0. The summed E-state index contributed by atoms with van der Waals surface area (Å²) in [5.74, 6) is -2.70. The van der Waals surface area contributed by atoms with E-state index in [1.54, 1.807) is 13.8 Å². The molecule has 2 rings (SSSR count). The van der Waals surface area contributed by atoms with Crippen LogP contribution in [0.15, 0.2) is 18.2 Å². The molecule has 0 fully saturated rings. The molecule has 1 aromatic carbocycles. The van der Waals surface area contributed by atoms with Crippen LogP contribution in [0, 0.1) is 11.7 Å². The first kappa shape index (κ1) is 18.9. The van der Waals surface area contributed by atoms with Crippen LogP contribution in [-0.4, -0.2) is 30.4 Å². The highest BCUT2D eigenvalue weighted by atomic mass is 19.1. The van der Waals surface area contributed by atoms with E-state index >= 15 is 0 Å². The van der Waals surface area contributed by atoms with E-state index in [4.69, 9.17) is 4.74 Å². The first-order chi connectivity index (χ1) is 11.8. The van der Waals surface area contributed by atoms with E-state index < -0.39 is 29.7 Å². The van der Waals surface area contributed by atoms with E-state index in [2.05, 4.69) is 10.6 Å². The van der Waals surface area contributed by atoms with Crippen molar-refractivity contribution in [3.8, 4) is 0 Å². The first-order valence-corrected chi connectivity index (χ1v) is 8.39. The van der Waals surface area contributed by atoms with E-state index in [-0.39, 0.29) is 24.9 Å². The number of carbonyl (C=O) groups excluding carboxylic acids is 3. The smallest absolute Gasteiger partial charge is 0.328 e. The minimum atomic E-state index is -0.782. The third-order valence-corrected chi connectivity index (χ3v) is 4.04. The molecule has 6 nitrogen and oxygen atoms in total. The fourth-order valence-electron chi connectivity index (χ4n) is 2.71. The van der Waals surface area contributed by atoms with Gasteiger partial charge in [0.25, 0.3) is 0 Å². The number of rotatable bonds is 7. The number of carbonyl (C=O) groups is 3. The maximum Gasteiger partial charge on any atom is 0.328 e. The lowest BCUT2D eigenvalue weighted by Gasteiger charge is -2.21. The standard InChI is InChI=1S/C18H23FN2O4/c1-4-7-25-18(24)16(10(2)3)21-15(22)9-13-12-8-11(19)5-6-14(12)20-17(13)23/h5-6,8,10,13,16H,4,7,9H2,1-3H3,(H,20,23)(H,21,22)/t13?,16-/m0/s1. The Balaban J connectivity index is 2.05. The summed E-state index contributed by atoms with van der Waals surface area (Å²) in [6, 6.07) is 3.19. The Bertz CT molecular complexity index is 675. The molecule has 2 amide bonds. The van der Waals surface area contributed by atoms with E-state index in [1.165, 1.54) is 18.2 Å². The van der Waals surface area contributed by atoms with Gasteiger partial charge in [0, 0.05) is 12.1 Å². The average Bonchev–Trinajstić information content (AvgIpc) is 2.85. The van der Waals surface area contributed by atoms with Gasteiger partial charge in [-0.3, -0.25) is 9.59 Å². The highest BCUT2D eigenvalue weighted by molar-refractivity contribution is 6.05. The predicted molar refractivity (Wildman–Crippen MR) is 90.4 cm³/mol. The molecule has 2 N–H and O–H groups in total. The number of benzene rings is 1. The Labute approximate surface area is 146 Å². The van der Waals surface area contributed by atoms with Crippen LogP contribution in [0.2, 0.25) is 0 Å². The molecule has 2 atom stereocenters. The van der Waals surface area contributed by atoms with Gasteiger partial charge in [-0.05, 0) is 36.1 Å². The summed E-state index contributed by atoms with van der Waals surface area (Å²) in [6.45, 7) is 5.76. The molecule has 0 saturated carbocycles. The van der Waals surface area contributed by atoms with Crippen molar-refractivity contribution in [1.82, 2.24) is 5.32 Å². The summed E-state index contributed by atoms with van der Waals surface area (Å²) in [4.78, 5) is 36.5. The molecule has 1 aromatic rings. The monoisotopic (exact) mass is 350 g/mol. The number of hydrogen-bond donors (Lipinski definition) is 2. The minimum Gasteiger partial charge on any atom is -0.464 e. The highest BCUT2D eigenvalue weighted by Crippen LogP contribution is 2.35. The number of esters is 1. The summed E-state index contributed by atoms with van der Waals surface area (Å²) in [6.07, 6.45) is 0.529. The zero-order valence-corrected chi connectivity index (χ0v) is 14.6. The second kappa shape index (κ2) is 8.09. The SMILES string of the molecule is CCCOC(=O)[C@@H](NC(=O)CC1C(=O)Nc2ccc(F)cc21)C(C)C. The number of amides is 2. The Morgan fingerprint density at radius 3 is 2.72 bits per heavy atom. The quantitative estimate of drug-likeness (QED) is 0.739. The van der Waals surface area contributed by atoms with Crippen LogP contribution < -0.4 is 10.6 Å². The van der Waals surface area contributed by atoms with Crippen LogP contribution in [0.3, 0.4) is 0 Å². The van der Waals surface area contributed by atoms with Gasteiger partial charge in [0.1, 0.15) is 11.9 Å². The number of halogens is 1. The topological polar surface area (TPSA) is 84.5 Å². The van der Waals surface area contributed by atoms with Crippen LogP contribution >= 0.6 is 0 Å². The molecule has 1 unspecified atom stereocenters. The summed E-state index contributed by atoms with van der Waals surface area (Å²) < 4.78 is 18.5. The van der Waals surface area contributed by atoms with Gasteiger partial charge in [-0.15, -0.1) is 0 Å². The van der Waals surface area contributed by atoms with Crippen molar-refractivity contribution in [2.45, 2.75) is 45.6 Å². The van der Waals surface area contributed by atoms with Gasteiger partial charge in [0.15, 0.2) is 0 Å². The summed E-state index contributed by atoms with van der Waals surface area (Å²) in [5.41, 5.74) is 0.960. The number of ether oxygens (including phenoxy) is 1. The van der Waals surface area contributed by atoms with Gasteiger partial charge in [-0.2, -0.15) is 0 Å². The summed E-state index contributed by atoms with van der Waals surface area (Å²) in [5, 5.41) is 5.26. The second-order valence-corrected chi connectivity index (χ2v) is 6.43. The summed E-state index contributed by atoms with van der Waals surface area (Å²) in [7, 11) is 0. The van der Waals surface area contributed by atoms with Gasteiger partial charge in [0.05, 0.1) is 12.5 Å². The maximum atomic E-state index is 13.4. The predicted octanol–water partition coefficient (Wildman–Crippen LogP) is 2.35. The third kappa shape index (κ3) is 4.55. The largest absolute Gasteiger partial charge is 0.464 e. The van der Waals surface area contributed by atoms with Crippen molar-refractivity contribution in [1.29, 1.82) is 0 Å². The van der Waals surface area contributed by atoms with Crippen LogP contribution in [-0.2, 0) is 19.1 Å². The molecule has 0 spiro atoms. The molecule has 1 aliphatic rings. The molecule has 7 heteroatoms. The molecular formula is C18H23FN2O4. The summed E-state index contributed by atoms with van der Waals surface area (Å²) >= 11 is 0. The van der Waals surface area contributed by atoms with Crippen molar-refractivity contribution < 1.29 is 23.5 Å². The minimum absolute atomic E-state index is 0.157. The molecule has 25 heavy (non-hydrogen) atoms. The number of anilines is 1. The van der Waals surface area contributed by atoms with Crippen molar-refractivity contribution in [3.63, 3.8) is 0 Å². The van der Waals surface area contributed by atoms with E-state index in [9.17, 15) is 18.8 Å². The lowest BCUT2D eigenvalue weighted by Crippen LogP contribution is -2.45. The Hall–Kier alpha value is -2.44. The van der Waals surface area contributed by atoms with E-state index in [0.717, 1.165) is 0 Å². The van der Waals surface area contributed by atoms with Crippen molar-refractivity contribution >= 4 is 23.5 Å². The van der Waals surface area contributed by atoms with Gasteiger partial charge in [0.2, 0.25) is 11.8 Å². The van der Waals surface area contributed by atoms with Gasteiger partial charge >= 0.3 is 5.97 Å². The Morgan fingerprint density at radius 2 is 2.08 bits per heavy atom. The molecule has 136 valence electrons. The molecular weight excluding hydrogens is 327 g/mol. The Kier molecular flexibility index (Phi) is 6.12. The fourth-order valence-corrected chi connectivity index (χ4v) is 2.71.